The Kier molecular flexibility index (Phi) is 5.18. The van der Waals surface area contributed by atoms with Crippen LogP contribution in [0.5, 0.6) is 0 Å². The normalized spacial score (nSPS) is 18.4. The fourth-order valence-corrected chi connectivity index (χ4v) is 3.15. The van der Waals surface area contributed by atoms with Gasteiger partial charge in [-0.2, -0.15) is 0 Å². The summed E-state index contributed by atoms with van der Waals surface area (Å²) >= 11 is 0. The number of carbonyl (C=O) groups is 1. The third-order valence-corrected chi connectivity index (χ3v) is 4.82. The molecule has 1 fully saturated rings. The molecule has 1 saturated heterocycles. The minimum absolute atomic E-state index is 0.518. The van der Waals surface area contributed by atoms with Crippen molar-refractivity contribution in [3.63, 3.8) is 0 Å². The van der Waals surface area contributed by atoms with Gasteiger partial charge in [0.1, 0.15) is 0 Å². The lowest BCUT2D eigenvalue weighted by molar-refractivity contribution is -0.131. The van der Waals surface area contributed by atoms with Crippen LogP contribution in [0.2, 0.25) is 0 Å². The van der Waals surface area contributed by atoms with Crippen molar-refractivity contribution in [1.29, 1.82) is 0 Å². The number of aliphatic carboxylic acids is 1. The van der Waals surface area contributed by atoms with Crippen LogP contribution in [0, 0.1) is 5.41 Å². The van der Waals surface area contributed by atoms with E-state index in [-0.39, 0.29) is 0 Å². The molecule has 1 aliphatic rings. The van der Waals surface area contributed by atoms with Gasteiger partial charge in [0.25, 0.3) is 0 Å². The van der Waals surface area contributed by atoms with Crippen molar-refractivity contribution in [2.45, 2.75) is 39.7 Å². The topological polar surface area (TPSA) is 40.5 Å². The van der Waals surface area contributed by atoms with Gasteiger partial charge in [0.2, 0.25) is 0 Å². The Morgan fingerprint density at radius 2 is 1.95 bits per heavy atom. The second kappa shape index (κ2) is 6.90. The summed E-state index contributed by atoms with van der Waals surface area (Å²) in [6.45, 7) is 7.97. The summed E-state index contributed by atoms with van der Waals surface area (Å²) in [7, 11) is 0. The molecule has 1 aliphatic heterocycles. The van der Waals surface area contributed by atoms with Gasteiger partial charge >= 0.3 is 5.97 Å². The van der Waals surface area contributed by atoms with E-state index in [0.29, 0.717) is 5.41 Å². The first-order valence-corrected chi connectivity index (χ1v) is 7.79. The van der Waals surface area contributed by atoms with Crippen molar-refractivity contribution < 1.29 is 9.90 Å². The molecule has 2 rings (SSSR count). The molecule has 0 aromatic heterocycles. The van der Waals surface area contributed by atoms with Crippen molar-refractivity contribution in [3.05, 3.63) is 41.5 Å². The molecule has 1 N–H and O–H groups in total. The van der Waals surface area contributed by atoms with Crippen LogP contribution < -0.4 is 0 Å². The highest BCUT2D eigenvalue weighted by Crippen LogP contribution is 2.37. The number of rotatable bonds is 6. The van der Waals surface area contributed by atoms with Gasteiger partial charge in [-0.25, -0.2) is 4.79 Å². The van der Waals surface area contributed by atoms with Crippen LogP contribution >= 0.6 is 0 Å². The average molecular weight is 287 g/mol. The minimum atomic E-state index is -0.911. The maximum absolute atomic E-state index is 10.5. The van der Waals surface area contributed by atoms with Crippen molar-refractivity contribution in [2.24, 2.45) is 5.41 Å². The number of carboxylic acids is 1. The zero-order valence-corrected chi connectivity index (χ0v) is 13.0. The highest BCUT2D eigenvalue weighted by Gasteiger charge is 2.34. The van der Waals surface area contributed by atoms with Gasteiger partial charge in [0.15, 0.2) is 0 Å². The smallest absolute Gasteiger partial charge is 0.328 e. The van der Waals surface area contributed by atoms with E-state index in [9.17, 15) is 4.79 Å². The Labute approximate surface area is 127 Å². The lowest BCUT2D eigenvalue weighted by atomic mass is 9.82. The van der Waals surface area contributed by atoms with Crippen LogP contribution in [0.1, 0.15) is 44.2 Å². The van der Waals surface area contributed by atoms with Crippen molar-refractivity contribution in [1.82, 2.24) is 4.90 Å². The van der Waals surface area contributed by atoms with Crippen LogP contribution in [0.4, 0.5) is 0 Å². The first-order chi connectivity index (χ1) is 10.1. The molecular formula is C18H25NO2. The fourth-order valence-electron chi connectivity index (χ4n) is 3.15. The molecule has 0 radical (unpaired) electrons. The molecule has 3 nitrogen and oxygen atoms in total. The number of benzene rings is 1. The van der Waals surface area contributed by atoms with E-state index in [1.54, 1.807) is 6.08 Å². The Morgan fingerprint density at radius 1 is 1.29 bits per heavy atom. The predicted molar refractivity (Wildman–Crippen MR) is 86.0 cm³/mol. The van der Waals surface area contributed by atoms with E-state index < -0.39 is 5.97 Å². The molecule has 0 saturated carbocycles. The molecule has 0 atom stereocenters. The van der Waals surface area contributed by atoms with Gasteiger partial charge in [-0.05, 0) is 48.4 Å². The number of hydrogen-bond donors (Lipinski definition) is 1. The maximum Gasteiger partial charge on any atom is 0.328 e. The van der Waals surface area contributed by atoms with E-state index in [4.69, 9.17) is 5.11 Å². The molecule has 0 unspecified atom stereocenters. The lowest BCUT2D eigenvalue weighted by Gasteiger charge is -2.26. The molecule has 3 heteroatoms. The lowest BCUT2D eigenvalue weighted by Crippen LogP contribution is -2.26. The van der Waals surface area contributed by atoms with Crippen LogP contribution in [-0.4, -0.2) is 29.1 Å². The molecule has 1 aromatic carbocycles. The largest absolute Gasteiger partial charge is 0.478 e. The van der Waals surface area contributed by atoms with E-state index in [0.717, 1.165) is 12.1 Å². The van der Waals surface area contributed by atoms with Gasteiger partial charge in [0, 0.05) is 19.2 Å². The summed E-state index contributed by atoms with van der Waals surface area (Å²) < 4.78 is 0. The summed E-state index contributed by atoms with van der Waals surface area (Å²) in [4.78, 5) is 13.0. The molecule has 1 heterocycles. The molecule has 1 aromatic rings. The van der Waals surface area contributed by atoms with Crippen LogP contribution in [0.25, 0.3) is 6.08 Å². The number of carboxylic acid groups (broad SMARTS) is 1. The minimum Gasteiger partial charge on any atom is -0.478 e. The summed E-state index contributed by atoms with van der Waals surface area (Å²) in [6, 6.07) is 8.16. The van der Waals surface area contributed by atoms with E-state index in [2.05, 4.69) is 30.9 Å². The summed E-state index contributed by atoms with van der Waals surface area (Å²) in [5.74, 6) is -0.911. The zero-order valence-electron chi connectivity index (χ0n) is 13.0. The third kappa shape index (κ3) is 4.18. The summed E-state index contributed by atoms with van der Waals surface area (Å²) in [5.41, 5.74) is 2.74. The van der Waals surface area contributed by atoms with E-state index >= 15 is 0 Å². The molecule has 0 amide bonds. The molecular weight excluding hydrogens is 262 g/mol. The first kappa shape index (κ1) is 15.8. The Bertz CT molecular complexity index is 500. The van der Waals surface area contributed by atoms with Crippen molar-refractivity contribution in [2.75, 3.05) is 13.1 Å². The molecule has 114 valence electrons. The van der Waals surface area contributed by atoms with Crippen LogP contribution in [-0.2, 0) is 11.3 Å². The maximum atomic E-state index is 10.5. The number of nitrogens with zero attached hydrogens (tertiary/aromatic N) is 1. The molecule has 0 aliphatic carbocycles. The summed E-state index contributed by atoms with van der Waals surface area (Å²) in [6.07, 6.45) is 6.63. The predicted octanol–water partition coefficient (Wildman–Crippen LogP) is 3.80. The standard InChI is InChI=1S/C18H25NO2/c1-3-18(4-2)11-12-19(14-18)13-16-7-5-15(6-8-16)9-10-17(20)21/h5-10H,3-4,11-14H2,1-2H3,(H,20,21)/b10-9+. The number of likely N-dealkylation sites (tertiary alicyclic amines) is 1. The van der Waals surface area contributed by atoms with Crippen LogP contribution in [0.3, 0.4) is 0 Å². The molecule has 21 heavy (non-hydrogen) atoms. The highest BCUT2D eigenvalue weighted by atomic mass is 16.4. The second-order valence-corrected chi connectivity index (χ2v) is 6.08. The molecule has 0 bridgehead atoms. The van der Waals surface area contributed by atoms with Crippen LogP contribution in [0.15, 0.2) is 30.3 Å². The number of hydrogen-bond acceptors (Lipinski definition) is 2. The van der Waals surface area contributed by atoms with Crippen molar-refractivity contribution in [3.8, 4) is 0 Å². The van der Waals surface area contributed by atoms with Gasteiger partial charge in [-0.3, -0.25) is 4.90 Å². The van der Waals surface area contributed by atoms with Gasteiger partial charge in [-0.15, -0.1) is 0 Å². The average Bonchev–Trinajstić information content (AvgIpc) is 2.90. The van der Waals surface area contributed by atoms with Gasteiger partial charge < -0.3 is 5.11 Å². The quantitative estimate of drug-likeness (QED) is 0.809. The SMILES string of the molecule is CCC1(CC)CCN(Cc2ccc(/C=C/C(=O)O)cc2)C1. The van der Waals surface area contributed by atoms with E-state index in [1.807, 2.05) is 12.1 Å². The Morgan fingerprint density at radius 3 is 2.48 bits per heavy atom. The second-order valence-electron chi connectivity index (χ2n) is 6.08. The zero-order chi connectivity index (χ0) is 15.3. The Balaban J connectivity index is 1.94. The summed E-state index contributed by atoms with van der Waals surface area (Å²) in [5, 5.41) is 8.62. The molecule has 0 spiro atoms. The van der Waals surface area contributed by atoms with E-state index in [1.165, 1.54) is 44.0 Å². The first-order valence-electron chi connectivity index (χ1n) is 7.79. The van der Waals surface area contributed by atoms with Gasteiger partial charge in [-0.1, -0.05) is 38.1 Å². The highest BCUT2D eigenvalue weighted by molar-refractivity contribution is 5.85. The Hall–Kier alpha value is -1.61. The van der Waals surface area contributed by atoms with Crippen molar-refractivity contribution >= 4 is 12.0 Å². The fraction of sp³-hybridized carbons (Fsp3) is 0.500. The van der Waals surface area contributed by atoms with Gasteiger partial charge in [0.05, 0.1) is 0 Å². The third-order valence-electron chi connectivity index (χ3n) is 4.82. The monoisotopic (exact) mass is 287 g/mol.